The highest BCUT2D eigenvalue weighted by molar-refractivity contribution is 6.06. The fourth-order valence-electron chi connectivity index (χ4n) is 4.34. The summed E-state index contributed by atoms with van der Waals surface area (Å²) in [7, 11) is 0. The second-order valence-corrected chi connectivity index (χ2v) is 8.03. The Balaban J connectivity index is 1.64. The molecule has 3 aromatic carbocycles. The molecule has 0 fully saturated rings. The summed E-state index contributed by atoms with van der Waals surface area (Å²) < 4.78 is 41.1. The lowest BCUT2D eigenvalue weighted by atomic mass is 10.1. The van der Waals surface area contributed by atoms with Gasteiger partial charge in [0, 0.05) is 18.7 Å². The van der Waals surface area contributed by atoms with E-state index in [0.29, 0.717) is 41.1 Å². The molecular weight excluding hydrogens is 427 g/mol. The maximum atomic E-state index is 13.5. The second kappa shape index (κ2) is 7.92. The maximum Gasteiger partial charge on any atom is 0.416 e. The van der Waals surface area contributed by atoms with Crippen molar-refractivity contribution in [2.45, 2.75) is 18.8 Å². The molecule has 0 saturated heterocycles. The Hall–Kier alpha value is -3.87. The molecule has 7 heteroatoms. The highest BCUT2D eigenvalue weighted by Gasteiger charge is 2.32. The van der Waals surface area contributed by atoms with Crippen molar-refractivity contribution in [1.29, 1.82) is 0 Å². The van der Waals surface area contributed by atoms with Crippen molar-refractivity contribution in [2.24, 2.45) is 0 Å². The number of nitrogens with zero attached hydrogens (tertiary/aromatic N) is 3. The van der Waals surface area contributed by atoms with Crippen LogP contribution < -0.4 is 0 Å². The smallest absolute Gasteiger partial charge is 0.332 e. The van der Waals surface area contributed by atoms with Crippen LogP contribution in [0.2, 0.25) is 0 Å². The minimum atomic E-state index is -4.41. The molecule has 5 rings (SSSR count). The van der Waals surface area contributed by atoms with Gasteiger partial charge in [0.15, 0.2) is 0 Å². The van der Waals surface area contributed by atoms with E-state index in [2.05, 4.69) is 6.58 Å². The van der Waals surface area contributed by atoms with Crippen LogP contribution in [-0.4, -0.2) is 26.9 Å². The Morgan fingerprint density at radius 3 is 2.39 bits per heavy atom. The summed E-state index contributed by atoms with van der Waals surface area (Å²) >= 11 is 0. The van der Waals surface area contributed by atoms with Crippen LogP contribution in [-0.2, 0) is 12.7 Å². The molecule has 0 saturated carbocycles. The number of halogens is 3. The van der Waals surface area contributed by atoms with Gasteiger partial charge in [0.1, 0.15) is 5.82 Å². The van der Waals surface area contributed by atoms with Crippen molar-refractivity contribution in [2.75, 3.05) is 6.54 Å². The lowest BCUT2D eigenvalue weighted by Crippen LogP contribution is -2.33. The Bertz CT molecular complexity index is 1340. The van der Waals surface area contributed by atoms with Crippen LogP contribution in [0.25, 0.3) is 22.4 Å². The molecule has 0 unspecified atom stereocenters. The van der Waals surface area contributed by atoms with E-state index in [1.807, 2.05) is 41.0 Å². The fraction of sp³-hybridized carbons (Fsp3) is 0.154. The molecule has 4 aromatic rings. The van der Waals surface area contributed by atoms with Crippen LogP contribution in [0.4, 0.5) is 13.2 Å². The number of carbonyl (C=O) groups is 1. The predicted octanol–water partition coefficient (Wildman–Crippen LogP) is 6.11. The Morgan fingerprint density at radius 1 is 1.00 bits per heavy atom. The van der Waals surface area contributed by atoms with E-state index in [9.17, 15) is 18.0 Å². The average Bonchev–Trinajstić information content (AvgIpc) is 3.16. The quantitative estimate of drug-likeness (QED) is 0.354. The van der Waals surface area contributed by atoms with E-state index in [1.54, 1.807) is 23.1 Å². The standard InChI is InChI=1S/C26H20F3N3O/c1-2-20-16-31(15-17-7-4-3-5-8-17)25(33)21-9-6-10-22-23(21)32(20)24(30-22)18-11-13-19(14-12-18)26(27,28)29/h2-14,20H,1,15-16H2/t20-/m1/s1. The summed E-state index contributed by atoms with van der Waals surface area (Å²) in [5, 5.41) is 0. The zero-order chi connectivity index (χ0) is 23.2. The predicted molar refractivity (Wildman–Crippen MR) is 121 cm³/mol. The van der Waals surface area contributed by atoms with Gasteiger partial charge < -0.3 is 9.47 Å². The summed E-state index contributed by atoms with van der Waals surface area (Å²) in [6.45, 7) is 4.78. The molecule has 0 aliphatic carbocycles. The van der Waals surface area contributed by atoms with Crippen molar-refractivity contribution < 1.29 is 18.0 Å². The van der Waals surface area contributed by atoms with Gasteiger partial charge >= 0.3 is 6.18 Å². The molecule has 2 heterocycles. The molecule has 0 spiro atoms. The highest BCUT2D eigenvalue weighted by atomic mass is 19.4. The molecule has 1 amide bonds. The number of hydrogen-bond acceptors (Lipinski definition) is 2. The number of imidazole rings is 1. The van der Waals surface area contributed by atoms with Crippen LogP contribution in [0, 0.1) is 0 Å². The monoisotopic (exact) mass is 447 g/mol. The summed E-state index contributed by atoms with van der Waals surface area (Å²) in [5.41, 5.74) is 2.62. The van der Waals surface area contributed by atoms with E-state index in [4.69, 9.17) is 4.98 Å². The van der Waals surface area contributed by atoms with Gasteiger partial charge in [-0.15, -0.1) is 6.58 Å². The van der Waals surface area contributed by atoms with Crippen molar-refractivity contribution in [3.63, 3.8) is 0 Å². The minimum absolute atomic E-state index is 0.117. The Kier molecular flexibility index (Phi) is 5.04. The zero-order valence-corrected chi connectivity index (χ0v) is 17.6. The van der Waals surface area contributed by atoms with Gasteiger partial charge in [-0.3, -0.25) is 4.79 Å². The molecule has 1 aromatic heterocycles. The molecule has 33 heavy (non-hydrogen) atoms. The summed E-state index contributed by atoms with van der Waals surface area (Å²) in [4.78, 5) is 20.0. The average molecular weight is 447 g/mol. The first-order valence-corrected chi connectivity index (χ1v) is 10.5. The number of alkyl halides is 3. The van der Waals surface area contributed by atoms with Crippen LogP contribution in [0.1, 0.15) is 27.5 Å². The molecule has 1 aliphatic rings. The second-order valence-electron chi connectivity index (χ2n) is 8.03. The summed E-state index contributed by atoms with van der Waals surface area (Å²) in [6.07, 6.45) is -2.66. The third kappa shape index (κ3) is 3.69. The Morgan fingerprint density at radius 2 is 1.73 bits per heavy atom. The van der Waals surface area contributed by atoms with Gasteiger partial charge in [-0.05, 0) is 29.8 Å². The largest absolute Gasteiger partial charge is 0.416 e. The molecule has 166 valence electrons. The van der Waals surface area contributed by atoms with E-state index >= 15 is 0 Å². The molecule has 1 aliphatic heterocycles. The normalized spacial score (nSPS) is 16.2. The van der Waals surface area contributed by atoms with E-state index in [0.717, 1.165) is 17.7 Å². The summed E-state index contributed by atoms with van der Waals surface area (Å²) in [5.74, 6) is 0.388. The topological polar surface area (TPSA) is 38.1 Å². The minimum Gasteiger partial charge on any atom is -0.332 e. The van der Waals surface area contributed by atoms with Crippen molar-refractivity contribution in [3.8, 4) is 11.4 Å². The molecule has 0 radical (unpaired) electrons. The SMILES string of the molecule is C=C[C@@H]1CN(Cc2ccccc2)C(=O)c2cccc3nc(-c4ccc(C(F)(F)F)cc4)n1c23. The summed E-state index contributed by atoms with van der Waals surface area (Å²) in [6, 6.07) is 19.7. The van der Waals surface area contributed by atoms with Crippen molar-refractivity contribution in [1.82, 2.24) is 14.5 Å². The van der Waals surface area contributed by atoms with Crippen LogP contribution >= 0.6 is 0 Å². The maximum absolute atomic E-state index is 13.5. The number of aromatic nitrogens is 2. The highest BCUT2D eigenvalue weighted by Crippen LogP contribution is 2.36. The van der Waals surface area contributed by atoms with Crippen molar-refractivity contribution >= 4 is 16.9 Å². The van der Waals surface area contributed by atoms with Gasteiger partial charge in [0.2, 0.25) is 0 Å². The first kappa shape index (κ1) is 21.0. The first-order valence-electron chi connectivity index (χ1n) is 10.5. The van der Waals surface area contributed by atoms with Crippen LogP contribution in [0.5, 0.6) is 0 Å². The zero-order valence-electron chi connectivity index (χ0n) is 17.6. The molecule has 4 nitrogen and oxygen atoms in total. The van der Waals surface area contributed by atoms with Gasteiger partial charge in [0.25, 0.3) is 5.91 Å². The number of rotatable bonds is 4. The molecule has 0 bridgehead atoms. The lowest BCUT2D eigenvalue weighted by molar-refractivity contribution is -0.137. The molecule has 1 atom stereocenters. The fourth-order valence-corrected chi connectivity index (χ4v) is 4.34. The third-order valence-corrected chi connectivity index (χ3v) is 5.93. The number of benzene rings is 3. The number of amides is 1. The van der Waals surface area contributed by atoms with Gasteiger partial charge in [-0.2, -0.15) is 13.2 Å². The van der Waals surface area contributed by atoms with Crippen LogP contribution in [0.3, 0.4) is 0 Å². The third-order valence-electron chi connectivity index (χ3n) is 5.93. The van der Waals surface area contributed by atoms with E-state index in [1.165, 1.54) is 12.1 Å². The van der Waals surface area contributed by atoms with Gasteiger partial charge in [-0.25, -0.2) is 4.98 Å². The number of carbonyl (C=O) groups excluding carboxylic acids is 1. The molecule has 0 N–H and O–H groups in total. The lowest BCUT2D eigenvalue weighted by Gasteiger charge is -2.25. The van der Waals surface area contributed by atoms with Crippen molar-refractivity contribution in [3.05, 3.63) is 102 Å². The van der Waals surface area contributed by atoms with Gasteiger partial charge in [-0.1, -0.05) is 54.6 Å². The number of para-hydroxylation sites is 1. The first-order chi connectivity index (χ1) is 15.9. The Labute approximate surface area is 188 Å². The molecular formula is C26H20F3N3O. The van der Waals surface area contributed by atoms with E-state index in [-0.39, 0.29) is 11.9 Å². The van der Waals surface area contributed by atoms with E-state index < -0.39 is 11.7 Å². The van der Waals surface area contributed by atoms with Gasteiger partial charge in [0.05, 0.1) is 28.2 Å². The van der Waals surface area contributed by atoms with Crippen LogP contribution in [0.15, 0.2) is 85.5 Å². The number of hydrogen-bond donors (Lipinski definition) is 0.